The van der Waals surface area contributed by atoms with E-state index in [2.05, 4.69) is 58.7 Å². The molecule has 0 fully saturated rings. The largest absolute Gasteiger partial charge is 0.393 e. The lowest BCUT2D eigenvalue weighted by Crippen LogP contribution is -2.16. The van der Waals surface area contributed by atoms with E-state index >= 15 is 0 Å². The van der Waals surface area contributed by atoms with Gasteiger partial charge in [-0.25, -0.2) is 9.97 Å². The molecule has 0 atom stereocenters. The zero-order chi connectivity index (χ0) is 19.1. The van der Waals surface area contributed by atoms with Crippen LogP contribution >= 0.6 is 0 Å². The fourth-order valence-electron chi connectivity index (χ4n) is 2.92. The van der Waals surface area contributed by atoms with Crippen LogP contribution < -0.4 is 16.4 Å². The van der Waals surface area contributed by atoms with E-state index in [9.17, 15) is 0 Å². The molecule has 3 rings (SSSR count). The van der Waals surface area contributed by atoms with Crippen molar-refractivity contribution >= 4 is 17.3 Å². The lowest BCUT2D eigenvalue weighted by molar-refractivity contribution is 0.606. The number of benzene rings is 2. The molecular formula is C22H27N5. The molecule has 0 amide bonds. The maximum atomic E-state index is 6.35. The Bertz CT molecular complexity index is 794. The second kappa shape index (κ2) is 9.03. The third-order valence-corrected chi connectivity index (χ3v) is 4.44. The van der Waals surface area contributed by atoms with E-state index in [1.54, 1.807) is 6.33 Å². The molecule has 0 unspecified atom stereocenters. The van der Waals surface area contributed by atoms with E-state index in [1.807, 2.05) is 36.4 Å². The fraction of sp³-hybridized carbons (Fsp3) is 0.273. The van der Waals surface area contributed by atoms with Crippen molar-refractivity contribution in [1.82, 2.24) is 9.97 Å². The van der Waals surface area contributed by atoms with Gasteiger partial charge in [-0.05, 0) is 23.5 Å². The van der Waals surface area contributed by atoms with Crippen LogP contribution in [0.3, 0.4) is 0 Å². The molecule has 0 saturated carbocycles. The molecule has 1 heterocycles. The van der Waals surface area contributed by atoms with Crippen molar-refractivity contribution in [3.8, 4) is 0 Å². The minimum atomic E-state index is -0.0480. The Hall–Kier alpha value is -3.08. The van der Waals surface area contributed by atoms with Gasteiger partial charge in [0.15, 0.2) is 11.6 Å². The summed E-state index contributed by atoms with van der Waals surface area (Å²) < 4.78 is 0. The van der Waals surface area contributed by atoms with Crippen molar-refractivity contribution in [3.05, 3.63) is 78.1 Å². The van der Waals surface area contributed by atoms with Crippen molar-refractivity contribution in [3.63, 3.8) is 0 Å². The Labute approximate surface area is 161 Å². The molecular weight excluding hydrogens is 334 g/mol. The van der Waals surface area contributed by atoms with Gasteiger partial charge in [0.2, 0.25) is 0 Å². The van der Waals surface area contributed by atoms with Crippen LogP contribution in [0.15, 0.2) is 67.0 Å². The molecule has 27 heavy (non-hydrogen) atoms. The molecule has 0 spiro atoms. The zero-order valence-electron chi connectivity index (χ0n) is 15.9. The number of nitrogen functional groups attached to an aromatic ring is 1. The summed E-state index contributed by atoms with van der Waals surface area (Å²) in [6.45, 7) is 5.23. The minimum absolute atomic E-state index is 0.0480. The third kappa shape index (κ3) is 4.97. The SMILES string of the molecule is CC(C)CCNc1ncnc(NC(c2ccccc2)c2ccccc2)c1N. The van der Waals surface area contributed by atoms with Gasteiger partial charge in [-0.1, -0.05) is 74.5 Å². The van der Waals surface area contributed by atoms with Crippen molar-refractivity contribution in [2.75, 3.05) is 22.9 Å². The van der Waals surface area contributed by atoms with E-state index in [0.29, 0.717) is 23.2 Å². The van der Waals surface area contributed by atoms with Gasteiger partial charge in [-0.3, -0.25) is 0 Å². The van der Waals surface area contributed by atoms with E-state index in [-0.39, 0.29) is 6.04 Å². The summed E-state index contributed by atoms with van der Waals surface area (Å²) in [6.07, 6.45) is 2.60. The van der Waals surface area contributed by atoms with Gasteiger partial charge in [-0.2, -0.15) is 0 Å². The van der Waals surface area contributed by atoms with Crippen LogP contribution in [0.2, 0.25) is 0 Å². The van der Waals surface area contributed by atoms with Crippen LogP contribution in [-0.4, -0.2) is 16.5 Å². The van der Waals surface area contributed by atoms with Crippen LogP contribution in [0, 0.1) is 5.92 Å². The molecule has 5 heteroatoms. The number of hydrogen-bond acceptors (Lipinski definition) is 5. The molecule has 3 aromatic rings. The highest BCUT2D eigenvalue weighted by Gasteiger charge is 2.17. The number of hydrogen-bond donors (Lipinski definition) is 3. The van der Waals surface area contributed by atoms with Crippen molar-refractivity contribution < 1.29 is 0 Å². The Morgan fingerprint density at radius 1 is 0.852 bits per heavy atom. The first-order valence-electron chi connectivity index (χ1n) is 9.36. The minimum Gasteiger partial charge on any atom is -0.393 e. The van der Waals surface area contributed by atoms with Gasteiger partial charge < -0.3 is 16.4 Å². The number of nitrogens with one attached hydrogen (secondary N) is 2. The molecule has 0 aliphatic carbocycles. The molecule has 2 aromatic carbocycles. The fourth-order valence-corrected chi connectivity index (χ4v) is 2.92. The quantitative estimate of drug-likeness (QED) is 0.541. The lowest BCUT2D eigenvalue weighted by atomic mass is 9.99. The Kier molecular flexibility index (Phi) is 6.26. The maximum absolute atomic E-state index is 6.35. The average Bonchev–Trinajstić information content (AvgIpc) is 2.69. The zero-order valence-corrected chi connectivity index (χ0v) is 15.9. The maximum Gasteiger partial charge on any atom is 0.155 e. The summed E-state index contributed by atoms with van der Waals surface area (Å²) in [7, 11) is 0. The van der Waals surface area contributed by atoms with Gasteiger partial charge in [0.05, 0.1) is 6.04 Å². The Morgan fingerprint density at radius 3 is 1.96 bits per heavy atom. The van der Waals surface area contributed by atoms with E-state index in [0.717, 1.165) is 24.1 Å². The van der Waals surface area contributed by atoms with Crippen LogP contribution in [0.4, 0.5) is 17.3 Å². The van der Waals surface area contributed by atoms with E-state index in [4.69, 9.17) is 5.73 Å². The number of anilines is 3. The van der Waals surface area contributed by atoms with E-state index < -0.39 is 0 Å². The van der Waals surface area contributed by atoms with Crippen LogP contribution in [-0.2, 0) is 0 Å². The highest BCUT2D eigenvalue weighted by atomic mass is 15.1. The predicted octanol–water partition coefficient (Wildman–Crippen LogP) is 4.72. The number of nitrogens with zero attached hydrogens (tertiary/aromatic N) is 2. The Balaban J connectivity index is 1.86. The van der Waals surface area contributed by atoms with Gasteiger partial charge in [0, 0.05) is 6.54 Å². The van der Waals surface area contributed by atoms with E-state index in [1.165, 1.54) is 0 Å². The van der Waals surface area contributed by atoms with Crippen LogP contribution in [0.25, 0.3) is 0 Å². The highest BCUT2D eigenvalue weighted by Crippen LogP contribution is 2.30. The van der Waals surface area contributed by atoms with Crippen molar-refractivity contribution in [1.29, 1.82) is 0 Å². The predicted molar refractivity (Wildman–Crippen MR) is 113 cm³/mol. The third-order valence-electron chi connectivity index (χ3n) is 4.44. The summed E-state index contributed by atoms with van der Waals surface area (Å²) >= 11 is 0. The van der Waals surface area contributed by atoms with Crippen LogP contribution in [0.5, 0.6) is 0 Å². The van der Waals surface area contributed by atoms with Crippen molar-refractivity contribution in [2.24, 2.45) is 5.92 Å². The number of rotatable bonds is 8. The molecule has 0 saturated heterocycles. The average molecular weight is 361 g/mol. The lowest BCUT2D eigenvalue weighted by Gasteiger charge is -2.22. The molecule has 0 bridgehead atoms. The normalized spacial score (nSPS) is 11.0. The molecule has 1 aromatic heterocycles. The number of aromatic nitrogens is 2. The summed E-state index contributed by atoms with van der Waals surface area (Å²) in [4.78, 5) is 8.69. The first-order valence-corrected chi connectivity index (χ1v) is 9.36. The van der Waals surface area contributed by atoms with Gasteiger partial charge >= 0.3 is 0 Å². The molecule has 0 aliphatic rings. The second-order valence-corrected chi connectivity index (χ2v) is 6.99. The molecule has 5 nitrogen and oxygen atoms in total. The topological polar surface area (TPSA) is 75.9 Å². The first kappa shape index (κ1) is 18.7. The first-order chi connectivity index (χ1) is 13.1. The Morgan fingerprint density at radius 2 is 1.41 bits per heavy atom. The molecule has 0 radical (unpaired) electrons. The monoisotopic (exact) mass is 361 g/mol. The van der Waals surface area contributed by atoms with Gasteiger partial charge in [0.25, 0.3) is 0 Å². The summed E-state index contributed by atoms with van der Waals surface area (Å²) in [5, 5.41) is 6.82. The summed E-state index contributed by atoms with van der Waals surface area (Å²) in [6, 6.07) is 20.5. The highest BCUT2D eigenvalue weighted by molar-refractivity contribution is 5.74. The van der Waals surface area contributed by atoms with Gasteiger partial charge in [0.1, 0.15) is 12.0 Å². The van der Waals surface area contributed by atoms with Crippen LogP contribution in [0.1, 0.15) is 37.4 Å². The second-order valence-electron chi connectivity index (χ2n) is 6.99. The molecule has 0 aliphatic heterocycles. The number of nitrogens with two attached hydrogens (primary N) is 1. The molecule has 4 N–H and O–H groups in total. The van der Waals surface area contributed by atoms with Crippen molar-refractivity contribution in [2.45, 2.75) is 26.3 Å². The smallest absolute Gasteiger partial charge is 0.155 e. The molecule has 140 valence electrons. The standard InChI is InChI=1S/C22H27N5/c1-16(2)13-14-24-21-19(23)22(26-15-25-21)27-20(17-9-5-3-6-10-17)18-11-7-4-8-12-18/h3-12,15-16,20H,13-14,23H2,1-2H3,(H2,24,25,26,27). The summed E-state index contributed by atoms with van der Waals surface area (Å²) in [5.74, 6) is 1.93. The summed E-state index contributed by atoms with van der Waals surface area (Å²) in [5.41, 5.74) is 9.19. The van der Waals surface area contributed by atoms with Gasteiger partial charge in [-0.15, -0.1) is 0 Å².